The van der Waals surface area contributed by atoms with E-state index in [4.69, 9.17) is 4.74 Å². The average Bonchev–Trinajstić information content (AvgIpc) is 3.15. The lowest BCUT2D eigenvalue weighted by molar-refractivity contribution is -0.119. The van der Waals surface area contributed by atoms with E-state index in [1.807, 2.05) is 26.0 Å². The SMILES string of the molecule is COCCn1c(SCC(=O)c2ccc(CNC(C)=O)s2)nc(C)c1C. The van der Waals surface area contributed by atoms with Crippen LogP contribution in [0.3, 0.4) is 0 Å². The Morgan fingerprint density at radius 3 is 2.80 bits per heavy atom. The minimum absolute atomic E-state index is 0.0701. The minimum atomic E-state index is -0.0783. The highest BCUT2D eigenvalue weighted by atomic mass is 32.2. The zero-order valence-corrected chi connectivity index (χ0v) is 16.6. The Bertz CT molecular complexity index is 752. The third kappa shape index (κ3) is 5.42. The Morgan fingerprint density at radius 2 is 2.12 bits per heavy atom. The van der Waals surface area contributed by atoms with E-state index in [9.17, 15) is 9.59 Å². The van der Waals surface area contributed by atoms with Gasteiger partial charge < -0.3 is 14.6 Å². The molecule has 0 aliphatic rings. The van der Waals surface area contributed by atoms with E-state index in [2.05, 4.69) is 14.9 Å². The van der Waals surface area contributed by atoms with E-state index in [1.54, 1.807) is 7.11 Å². The lowest BCUT2D eigenvalue weighted by Crippen LogP contribution is -2.18. The van der Waals surface area contributed by atoms with Crippen LogP contribution in [-0.2, 0) is 22.6 Å². The van der Waals surface area contributed by atoms with Gasteiger partial charge in [0.15, 0.2) is 10.9 Å². The molecule has 0 saturated carbocycles. The van der Waals surface area contributed by atoms with Gasteiger partial charge >= 0.3 is 0 Å². The lowest BCUT2D eigenvalue weighted by atomic mass is 10.3. The van der Waals surface area contributed by atoms with Crippen molar-refractivity contribution in [2.24, 2.45) is 0 Å². The summed E-state index contributed by atoms with van der Waals surface area (Å²) in [7, 11) is 1.67. The number of aryl methyl sites for hydroxylation is 1. The van der Waals surface area contributed by atoms with Gasteiger partial charge in [-0.05, 0) is 26.0 Å². The molecule has 8 heteroatoms. The van der Waals surface area contributed by atoms with Gasteiger partial charge in [0, 0.05) is 31.1 Å². The predicted molar refractivity (Wildman–Crippen MR) is 100 cm³/mol. The van der Waals surface area contributed by atoms with Gasteiger partial charge in [0.1, 0.15) is 0 Å². The van der Waals surface area contributed by atoms with Gasteiger partial charge in [-0.3, -0.25) is 9.59 Å². The third-order valence-electron chi connectivity index (χ3n) is 3.72. The molecule has 0 unspecified atom stereocenters. The molecule has 0 radical (unpaired) electrons. The molecule has 2 aromatic rings. The van der Waals surface area contributed by atoms with E-state index in [-0.39, 0.29) is 11.7 Å². The Hall–Kier alpha value is -1.64. The van der Waals surface area contributed by atoms with Gasteiger partial charge in [-0.25, -0.2) is 4.98 Å². The molecule has 0 aliphatic heterocycles. The number of aromatic nitrogens is 2. The summed E-state index contributed by atoms with van der Waals surface area (Å²) in [6, 6.07) is 3.70. The average molecular weight is 382 g/mol. The number of thioether (sulfide) groups is 1. The van der Waals surface area contributed by atoms with E-state index in [0.29, 0.717) is 23.8 Å². The van der Waals surface area contributed by atoms with E-state index in [1.165, 1.54) is 30.0 Å². The molecule has 0 saturated heterocycles. The number of Topliss-reactive ketones (excluding diaryl/α,β-unsaturated/α-hetero) is 1. The van der Waals surface area contributed by atoms with Crippen LogP contribution >= 0.6 is 23.1 Å². The maximum atomic E-state index is 12.4. The molecule has 0 atom stereocenters. The standard InChI is InChI=1S/C17H23N3O3S2/c1-11-12(2)20(7-8-23-4)17(19-11)24-10-15(22)16-6-5-14(25-16)9-18-13(3)21/h5-6H,7-10H2,1-4H3,(H,18,21). The molecule has 136 valence electrons. The van der Waals surface area contributed by atoms with Gasteiger partial charge in [-0.15, -0.1) is 11.3 Å². The molecule has 0 bridgehead atoms. The van der Waals surface area contributed by atoms with Crippen LogP contribution in [-0.4, -0.2) is 40.7 Å². The molecule has 1 amide bonds. The molecule has 2 aromatic heterocycles. The fourth-order valence-electron chi connectivity index (χ4n) is 2.22. The van der Waals surface area contributed by atoms with Crippen molar-refractivity contribution in [3.63, 3.8) is 0 Å². The number of hydrogen-bond donors (Lipinski definition) is 1. The number of nitrogens with one attached hydrogen (secondary N) is 1. The second kappa shape index (κ2) is 9.17. The summed E-state index contributed by atoms with van der Waals surface area (Å²) in [5.41, 5.74) is 2.07. The van der Waals surface area contributed by atoms with Crippen LogP contribution in [0.25, 0.3) is 0 Å². The fraction of sp³-hybridized carbons (Fsp3) is 0.471. The number of imidazole rings is 1. The van der Waals surface area contributed by atoms with Crippen molar-refractivity contribution in [3.8, 4) is 0 Å². The summed E-state index contributed by atoms with van der Waals surface area (Å²) in [5, 5.41) is 3.58. The predicted octanol–water partition coefficient (Wildman–Crippen LogP) is 2.82. The first-order valence-electron chi connectivity index (χ1n) is 7.94. The number of amides is 1. The topological polar surface area (TPSA) is 73.2 Å². The van der Waals surface area contributed by atoms with E-state index < -0.39 is 0 Å². The van der Waals surface area contributed by atoms with Gasteiger partial charge in [-0.1, -0.05) is 11.8 Å². The van der Waals surface area contributed by atoms with Crippen molar-refractivity contribution in [1.82, 2.24) is 14.9 Å². The number of carbonyl (C=O) groups excluding carboxylic acids is 2. The third-order valence-corrected chi connectivity index (χ3v) is 5.82. The molecule has 0 aliphatic carbocycles. The van der Waals surface area contributed by atoms with Gasteiger partial charge in [0.25, 0.3) is 0 Å². The molecule has 0 spiro atoms. The molecule has 0 aromatic carbocycles. The molecular weight excluding hydrogens is 358 g/mol. The molecule has 25 heavy (non-hydrogen) atoms. The number of nitrogens with zero attached hydrogens (tertiary/aromatic N) is 2. The Labute approximate surface area is 156 Å². The van der Waals surface area contributed by atoms with Crippen molar-refractivity contribution < 1.29 is 14.3 Å². The maximum absolute atomic E-state index is 12.4. The highest BCUT2D eigenvalue weighted by Crippen LogP contribution is 2.24. The lowest BCUT2D eigenvalue weighted by Gasteiger charge is -2.08. The largest absolute Gasteiger partial charge is 0.383 e. The normalized spacial score (nSPS) is 10.9. The summed E-state index contributed by atoms with van der Waals surface area (Å²) in [5.74, 6) is 0.328. The first-order valence-corrected chi connectivity index (χ1v) is 9.74. The van der Waals surface area contributed by atoms with Crippen LogP contribution in [0, 0.1) is 13.8 Å². The number of rotatable bonds is 9. The number of hydrogen-bond acceptors (Lipinski definition) is 6. The number of ketones is 1. The summed E-state index contributed by atoms with van der Waals surface area (Å²) in [6.45, 7) is 7.26. The van der Waals surface area contributed by atoms with Gasteiger partial charge in [0.05, 0.1) is 29.5 Å². The van der Waals surface area contributed by atoms with Crippen molar-refractivity contribution in [3.05, 3.63) is 33.3 Å². The summed E-state index contributed by atoms with van der Waals surface area (Å²) in [4.78, 5) is 29.6. The van der Waals surface area contributed by atoms with Crippen LogP contribution in [0.15, 0.2) is 17.3 Å². The second-order valence-corrected chi connectivity index (χ2v) is 7.71. The number of thiophene rings is 1. The number of methoxy groups -OCH3 is 1. The number of carbonyl (C=O) groups is 2. The zero-order chi connectivity index (χ0) is 18.4. The number of ether oxygens (including phenoxy) is 1. The summed E-state index contributed by atoms with van der Waals surface area (Å²) >= 11 is 2.87. The van der Waals surface area contributed by atoms with E-state index in [0.717, 1.165) is 28.0 Å². The fourth-order valence-corrected chi connectivity index (χ4v) is 4.19. The van der Waals surface area contributed by atoms with Crippen molar-refractivity contribution >= 4 is 34.8 Å². The Morgan fingerprint density at radius 1 is 1.36 bits per heavy atom. The van der Waals surface area contributed by atoms with Crippen molar-refractivity contribution in [2.75, 3.05) is 19.5 Å². The zero-order valence-electron chi connectivity index (χ0n) is 14.9. The van der Waals surface area contributed by atoms with Crippen molar-refractivity contribution in [1.29, 1.82) is 0 Å². The van der Waals surface area contributed by atoms with Crippen LogP contribution in [0.4, 0.5) is 0 Å². The molecule has 1 N–H and O–H groups in total. The van der Waals surface area contributed by atoms with Crippen molar-refractivity contribution in [2.45, 2.75) is 39.0 Å². The van der Waals surface area contributed by atoms with Gasteiger partial charge in [0.2, 0.25) is 5.91 Å². The molecule has 0 fully saturated rings. The maximum Gasteiger partial charge on any atom is 0.217 e. The Kier molecular flexibility index (Phi) is 7.22. The summed E-state index contributed by atoms with van der Waals surface area (Å²) < 4.78 is 7.24. The quantitative estimate of drug-likeness (QED) is 0.534. The molecular formula is C17H23N3O3S2. The van der Waals surface area contributed by atoms with Gasteiger partial charge in [-0.2, -0.15) is 0 Å². The first kappa shape index (κ1) is 19.7. The minimum Gasteiger partial charge on any atom is -0.383 e. The second-order valence-electron chi connectivity index (χ2n) is 5.60. The van der Waals surface area contributed by atoms with Crippen LogP contribution in [0.5, 0.6) is 0 Å². The smallest absolute Gasteiger partial charge is 0.217 e. The van der Waals surface area contributed by atoms with Crippen LogP contribution in [0.1, 0.15) is 32.9 Å². The van der Waals surface area contributed by atoms with Crippen LogP contribution < -0.4 is 5.32 Å². The first-order chi connectivity index (χ1) is 11.9. The highest BCUT2D eigenvalue weighted by molar-refractivity contribution is 7.99. The molecule has 2 heterocycles. The van der Waals surface area contributed by atoms with Crippen LogP contribution in [0.2, 0.25) is 0 Å². The molecule has 6 nitrogen and oxygen atoms in total. The highest BCUT2D eigenvalue weighted by Gasteiger charge is 2.15. The monoisotopic (exact) mass is 381 g/mol. The summed E-state index contributed by atoms with van der Waals surface area (Å²) in [6.07, 6.45) is 0. The van der Waals surface area contributed by atoms with E-state index >= 15 is 0 Å². The molecule has 2 rings (SSSR count). The Balaban J connectivity index is 1.98.